The van der Waals surface area contributed by atoms with Gasteiger partial charge in [-0.2, -0.15) is 0 Å². The lowest BCUT2D eigenvalue weighted by Gasteiger charge is -2.25. The van der Waals surface area contributed by atoms with Gasteiger partial charge in [-0.25, -0.2) is 0 Å². The standard InChI is InChI=1S/C16H29N3/c1-5-11-17-12-14-9-8-10-15(18-14)13-19(4)16(6-2)7-3/h8-10,16-17H,5-7,11-13H2,1-4H3. The molecule has 3 nitrogen and oxygen atoms in total. The van der Waals surface area contributed by atoms with Crippen molar-refractivity contribution in [2.75, 3.05) is 13.6 Å². The molecule has 0 radical (unpaired) electrons. The fourth-order valence-corrected chi connectivity index (χ4v) is 2.41. The fourth-order valence-electron chi connectivity index (χ4n) is 2.41. The first-order valence-electron chi connectivity index (χ1n) is 7.56. The molecule has 0 atom stereocenters. The second-order valence-electron chi connectivity index (χ2n) is 5.18. The van der Waals surface area contributed by atoms with Crippen molar-refractivity contribution >= 4 is 0 Å². The maximum Gasteiger partial charge on any atom is 0.0547 e. The zero-order valence-corrected chi connectivity index (χ0v) is 12.9. The van der Waals surface area contributed by atoms with Crippen LogP contribution in [0.25, 0.3) is 0 Å². The smallest absolute Gasteiger partial charge is 0.0547 e. The van der Waals surface area contributed by atoms with Gasteiger partial charge in [-0.3, -0.25) is 9.88 Å². The Morgan fingerprint density at radius 1 is 1.16 bits per heavy atom. The fraction of sp³-hybridized carbons (Fsp3) is 0.688. The van der Waals surface area contributed by atoms with Gasteiger partial charge in [0.2, 0.25) is 0 Å². The molecule has 0 aromatic carbocycles. The maximum absolute atomic E-state index is 4.73. The molecule has 0 spiro atoms. The van der Waals surface area contributed by atoms with E-state index >= 15 is 0 Å². The number of pyridine rings is 1. The Hall–Kier alpha value is -0.930. The van der Waals surface area contributed by atoms with E-state index in [2.05, 4.69) is 56.2 Å². The van der Waals surface area contributed by atoms with Gasteiger partial charge in [0.05, 0.1) is 11.4 Å². The van der Waals surface area contributed by atoms with Gasteiger partial charge in [0, 0.05) is 19.1 Å². The molecule has 0 aliphatic heterocycles. The maximum atomic E-state index is 4.73. The van der Waals surface area contributed by atoms with Crippen molar-refractivity contribution < 1.29 is 0 Å². The second-order valence-corrected chi connectivity index (χ2v) is 5.18. The molecule has 0 bridgehead atoms. The quantitative estimate of drug-likeness (QED) is 0.693. The zero-order chi connectivity index (χ0) is 14.1. The van der Waals surface area contributed by atoms with Crippen LogP contribution in [-0.4, -0.2) is 29.5 Å². The van der Waals surface area contributed by atoms with E-state index in [0.29, 0.717) is 6.04 Å². The van der Waals surface area contributed by atoms with Crippen molar-refractivity contribution in [2.45, 2.75) is 59.2 Å². The van der Waals surface area contributed by atoms with Crippen LogP contribution in [0.5, 0.6) is 0 Å². The van der Waals surface area contributed by atoms with Crippen LogP contribution < -0.4 is 5.32 Å². The molecule has 0 fully saturated rings. The third-order valence-electron chi connectivity index (χ3n) is 3.57. The summed E-state index contributed by atoms with van der Waals surface area (Å²) in [6.07, 6.45) is 3.56. The molecule has 1 heterocycles. The SMILES string of the molecule is CCCNCc1cccc(CN(C)C(CC)CC)n1. The molecule has 108 valence electrons. The first-order valence-corrected chi connectivity index (χ1v) is 7.56. The van der Waals surface area contributed by atoms with E-state index < -0.39 is 0 Å². The van der Waals surface area contributed by atoms with Crippen molar-refractivity contribution in [3.05, 3.63) is 29.6 Å². The molecule has 1 rings (SSSR count). The summed E-state index contributed by atoms with van der Waals surface area (Å²) in [5.41, 5.74) is 2.31. The minimum absolute atomic E-state index is 0.656. The van der Waals surface area contributed by atoms with Crippen molar-refractivity contribution in [1.82, 2.24) is 15.2 Å². The van der Waals surface area contributed by atoms with E-state index in [1.807, 2.05) is 0 Å². The molecular weight excluding hydrogens is 234 g/mol. The van der Waals surface area contributed by atoms with Crippen LogP contribution in [-0.2, 0) is 13.1 Å². The highest BCUT2D eigenvalue weighted by Gasteiger charge is 2.11. The summed E-state index contributed by atoms with van der Waals surface area (Å²) in [4.78, 5) is 7.14. The van der Waals surface area contributed by atoms with E-state index in [9.17, 15) is 0 Å². The second kappa shape index (κ2) is 9.05. The summed E-state index contributed by atoms with van der Waals surface area (Å²) in [5.74, 6) is 0. The van der Waals surface area contributed by atoms with Crippen LogP contribution in [0, 0.1) is 0 Å². The first-order chi connectivity index (χ1) is 9.21. The lowest BCUT2D eigenvalue weighted by atomic mass is 10.1. The highest BCUT2D eigenvalue weighted by molar-refractivity contribution is 5.11. The highest BCUT2D eigenvalue weighted by atomic mass is 15.1. The molecule has 0 aliphatic carbocycles. The Bertz CT molecular complexity index is 348. The molecule has 1 aromatic heterocycles. The third kappa shape index (κ3) is 5.70. The number of rotatable bonds is 9. The predicted molar refractivity (Wildman–Crippen MR) is 82.1 cm³/mol. The predicted octanol–water partition coefficient (Wildman–Crippen LogP) is 3.20. The number of aromatic nitrogens is 1. The Kier molecular flexibility index (Phi) is 7.68. The summed E-state index contributed by atoms with van der Waals surface area (Å²) < 4.78 is 0. The summed E-state index contributed by atoms with van der Waals surface area (Å²) >= 11 is 0. The van der Waals surface area contributed by atoms with Gasteiger partial charge in [-0.1, -0.05) is 26.8 Å². The number of nitrogens with one attached hydrogen (secondary N) is 1. The number of nitrogens with zero attached hydrogens (tertiary/aromatic N) is 2. The van der Waals surface area contributed by atoms with Crippen LogP contribution in [0.1, 0.15) is 51.4 Å². The monoisotopic (exact) mass is 263 g/mol. The van der Waals surface area contributed by atoms with Crippen LogP contribution in [0.4, 0.5) is 0 Å². The van der Waals surface area contributed by atoms with Gasteiger partial charge in [-0.15, -0.1) is 0 Å². The molecule has 1 N–H and O–H groups in total. The molecule has 19 heavy (non-hydrogen) atoms. The van der Waals surface area contributed by atoms with E-state index in [4.69, 9.17) is 4.98 Å². The normalized spacial score (nSPS) is 11.5. The Balaban J connectivity index is 2.56. The Morgan fingerprint density at radius 2 is 1.84 bits per heavy atom. The number of hydrogen-bond acceptors (Lipinski definition) is 3. The zero-order valence-electron chi connectivity index (χ0n) is 12.9. The average molecular weight is 263 g/mol. The van der Waals surface area contributed by atoms with Gasteiger partial charge in [0.1, 0.15) is 0 Å². The molecule has 0 unspecified atom stereocenters. The molecule has 0 saturated carbocycles. The lowest BCUT2D eigenvalue weighted by molar-refractivity contribution is 0.219. The lowest BCUT2D eigenvalue weighted by Crippen LogP contribution is -2.30. The minimum Gasteiger partial charge on any atom is -0.311 e. The molecule has 0 saturated heterocycles. The molecular formula is C16H29N3. The molecule has 1 aromatic rings. The van der Waals surface area contributed by atoms with Gasteiger partial charge in [0.25, 0.3) is 0 Å². The molecule has 0 aliphatic rings. The van der Waals surface area contributed by atoms with Crippen LogP contribution in [0.2, 0.25) is 0 Å². The summed E-state index contributed by atoms with van der Waals surface area (Å²) in [5, 5.41) is 3.40. The van der Waals surface area contributed by atoms with E-state index in [1.165, 1.54) is 18.5 Å². The summed E-state index contributed by atoms with van der Waals surface area (Å²) in [6, 6.07) is 7.00. The van der Waals surface area contributed by atoms with E-state index in [0.717, 1.165) is 31.7 Å². The van der Waals surface area contributed by atoms with E-state index in [1.54, 1.807) is 0 Å². The van der Waals surface area contributed by atoms with Crippen LogP contribution in [0.3, 0.4) is 0 Å². The minimum atomic E-state index is 0.656. The third-order valence-corrected chi connectivity index (χ3v) is 3.57. The Morgan fingerprint density at radius 3 is 2.47 bits per heavy atom. The van der Waals surface area contributed by atoms with Crippen molar-refractivity contribution in [1.29, 1.82) is 0 Å². The average Bonchev–Trinajstić information content (AvgIpc) is 2.41. The Labute approximate surface area is 118 Å². The summed E-state index contributed by atoms with van der Waals surface area (Å²) in [7, 11) is 2.20. The van der Waals surface area contributed by atoms with Crippen LogP contribution in [0.15, 0.2) is 18.2 Å². The van der Waals surface area contributed by atoms with Gasteiger partial charge in [-0.05, 0) is 45.0 Å². The number of hydrogen-bond donors (Lipinski definition) is 1. The van der Waals surface area contributed by atoms with Crippen molar-refractivity contribution in [3.8, 4) is 0 Å². The molecule has 0 amide bonds. The topological polar surface area (TPSA) is 28.2 Å². The van der Waals surface area contributed by atoms with E-state index in [-0.39, 0.29) is 0 Å². The van der Waals surface area contributed by atoms with Gasteiger partial charge in [0.15, 0.2) is 0 Å². The van der Waals surface area contributed by atoms with Crippen molar-refractivity contribution in [3.63, 3.8) is 0 Å². The summed E-state index contributed by atoms with van der Waals surface area (Å²) in [6.45, 7) is 9.55. The first kappa shape index (κ1) is 16.1. The van der Waals surface area contributed by atoms with Crippen molar-refractivity contribution in [2.24, 2.45) is 0 Å². The van der Waals surface area contributed by atoms with Gasteiger partial charge >= 0.3 is 0 Å². The van der Waals surface area contributed by atoms with Crippen LogP contribution >= 0.6 is 0 Å². The molecule has 3 heteroatoms. The van der Waals surface area contributed by atoms with Gasteiger partial charge < -0.3 is 5.32 Å². The largest absolute Gasteiger partial charge is 0.311 e. The highest BCUT2D eigenvalue weighted by Crippen LogP contribution is 2.10.